The Balaban J connectivity index is 1.53. The fourth-order valence-electron chi connectivity index (χ4n) is 4.25. The van der Waals surface area contributed by atoms with Gasteiger partial charge in [-0.05, 0) is 36.6 Å². The quantitative estimate of drug-likeness (QED) is 0.863. The van der Waals surface area contributed by atoms with Crippen molar-refractivity contribution in [2.24, 2.45) is 5.92 Å². The molecular weight excluding hydrogens is 375 g/mol. The van der Waals surface area contributed by atoms with Gasteiger partial charge in [-0.25, -0.2) is 0 Å². The van der Waals surface area contributed by atoms with Crippen LogP contribution in [0.2, 0.25) is 0 Å². The van der Waals surface area contributed by atoms with Gasteiger partial charge in [0.2, 0.25) is 0 Å². The largest absolute Gasteiger partial charge is 0.468 e. The molecule has 2 aliphatic rings. The number of aromatic nitrogens is 1. The van der Waals surface area contributed by atoms with Gasteiger partial charge in [0.15, 0.2) is 0 Å². The van der Waals surface area contributed by atoms with E-state index in [0.29, 0.717) is 13.1 Å². The molecule has 0 radical (unpaired) electrons. The molecule has 2 aromatic heterocycles. The second-order valence-corrected chi connectivity index (χ2v) is 7.46. The number of piperidine rings is 1. The van der Waals surface area contributed by atoms with Crippen molar-refractivity contribution in [3.8, 4) is 0 Å². The number of carbonyl (C=O) groups is 1. The van der Waals surface area contributed by atoms with Crippen LogP contribution in [0.5, 0.6) is 0 Å². The Hall–Kier alpha value is -2.55. The number of hydrogen-bond donors (Lipinski definition) is 1. The van der Waals surface area contributed by atoms with Crippen LogP contribution in [0.15, 0.2) is 39.7 Å². The summed E-state index contributed by atoms with van der Waals surface area (Å²) in [6, 6.07) is 6.81. The van der Waals surface area contributed by atoms with Crippen molar-refractivity contribution < 1.29 is 22.4 Å². The van der Waals surface area contributed by atoms with Crippen LogP contribution in [0.25, 0.3) is 0 Å². The first-order valence-electron chi connectivity index (χ1n) is 9.13. The first kappa shape index (κ1) is 18.8. The lowest BCUT2D eigenvalue weighted by Gasteiger charge is -2.42. The number of nitrogens with one attached hydrogen (secondary N) is 1. The van der Waals surface area contributed by atoms with Crippen molar-refractivity contribution in [2.45, 2.75) is 31.6 Å². The second-order valence-electron chi connectivity index (χ2n) is 7.46. The zero-order valence-corrected chi connectivity index (χ0v) is 15.0. The van der Waals surface area contributed by atoms with E-state index in [0.717, 1.165) is 31.0 Å². The summed E-state index contributed by atoms with van der Waals surface area (Å²) in [5.41, 5.74) is 0.0598. The molecule has 6 nitrogen and oxygen atoms in total. The van der Waals surface area contributed by atoms with Crippen molar-refractivity contribution >= 4 is 5.91 Å². The summed E-state index contributed by atoms with van der Waals surface area (Å²) in [5.74, 6) is 0.275. The third-order valence-electron chi connectivity index (χ3n) is 5.33. The Labute approximate surface area is 158 Å². The van der Waals surface area contributed by atoms with E-state index in [1.165, 1.54) is 6.07 Å². The number of likely N-dealkylation sites (tertiary alicyclic amines) is 1. The summed E-state index contributed by atoms with van der Waals surface area (Å²) >= 11 is 0. The van der Waals surface area contributed by atoms with Gasteiger partial charge < -0.3 is 14.3 Å². The van der Waals surface area contributed by atoms with Gasteiger partial charge in [-0.1, -0.05) is 0 Å². The summed E-state index contributed by atoms with van der Waals surface area (Å²) in [6.45, 7) is 1.26. The highest BCUT2D eigenvalue weighted by molar-refractivity contribution is 5.93. The molecule has 2 aromatic rings. The number of nitrogens with zero attached hydrogens (tertiary/aromatic N) is 2. The van der Waals surface area contributed by atoms with Gasteiger partial charge in [-0.3, -0.25) is 14.5 Å². The lowest BCUT2D eigenvalue weighted by molar-refractivity contribution is -0.123. The van der Waals surface area contributed by atoms with Gasteiger partial charge in [0.25, 0.3) is 11.5 Å². The average Bonchev–Trinajstić information content (AvgIpc) is 3.13. The fraction of sp³-hybridized carbons (Fsp3) is 0.474. The number of hydrogen-bond acceptors (Lipinski definition) is 4. The fourth-order valence-corrected chi connectivity index (χ4v) is 4.25. The Morgan fingerprint density at radius 1 is 1.21 bits per heavy atom. The standard InChI is InChI=1S/C19H20F3N3O3/c20-19(21,22)11-23-17(26)15-3-4-16-13-6-12(8-25(16)18(15)27)7-24(9-13)10-14-2-1-5-28-14/h1-5,12-13H,6-11H2,(H,23,26)/t12-,13+/m0/s1. The van der Waals surface area contributed by atoms with Gasteiger partial charge in [0.05, 0.1) is 12.8 Å². The third-order valence-corrected chi connectivity index (χ3v) is 5.33. The van der Waals surface area contributed by atoms with E-state index in [2.05, 4.69) is 4.90 Å². The van der Waals surface area contributed by atoms with Crippen molar-refractivity contribution in [1.29, 1.82) is 0 Å². The number of fused-ring (bicyclic) bond motifs is 4. The zero-order chi connectivity index (χ0) is 19.9. The lowest BCUT2D eigenvalue weighted by Crippen LogP contribution is -2.48. The van der Waals surface area contributed by atoms with Crippen LogP contribution in [0.3, 0.4) is 0 Å². The molecule has 4 rings (SSSR count). The molecule has 4 heterocycles. The van der Waals surface area contributed by atoms with Crippen molar-refractivity contribution in [3.05, 3.63) is 57.9 Å². The number of rotatable bonds is 4. The molecule has 2 atom stereocenters. The monoisotopic (exact) mass is 395 g/mol. The Morgan fingerprint density at radius 2 is 2.04 bits per heavy atom. The van der Waals surface area contributed by atoms with E-state index in [-0.39, 0.29) is 17.4 Å². The highest BCUT2D eigenvalue weighted by Gasteiger charge is 2.36. The molecular formula is C19H20F3N3O3. The van der Waals surface area contributed by atoms with E-state index < -0.39 is 24.2 Å². The minimum absolute atomic E-state index is 0.141. The molecule has 2 bridgehead atoms. The van der Waals surface area contributed by atoms with E-state index in [1.807, 2.05) is 12.1 Å². The highest BCUT2D eigenvalue weighted by atomic mass is 19.4. The maximum atomic E-state index is 12.7. The molecule has 28 heavy (non-hydrogen) atoms. The van der Waals surface area contributed by atoms with Crippen LogP contribution in [0.4, 0.5) is 13.2 Å². The molecule has 0 saturated carbocycles. The Bertz CT molecular complexity index is 921. The van der Waals surface area contributed by atoms with E-state index >= 15 is 0 Å². The van der Waals surface area contributed by atoms with Gasteiger partial charge in [-0.2, -0.15) is 13.2 Å². The predicted octanol–water partition coefficient (Wildman–Crippen LogP) is 2.35. The number of amides is 1. The summed E-state index contributed by atoms with van der Waals surface area (Å²) in [7, 11) is 0. The van der Waals surface area contributed by atoms with Crippen LogP contribution < -0.4 is 10.9 Å². The highest BCUT2D eigenvalue weighted by Crippen LogP contribution is 2.35. The smallest absolute Gasteiger partial charge is 0.405 e. The van der Waals surface area contributed by atoms with E-state index in [4.69, 9.17) is 4.42 Å². The summed E-state index contributed by atoms with van der Waals surface area (Å²) in [6.07, 6.45) is -1.93. The number of alkyl halides is 3. The van der Waals surface area contributed by atoms with Gasteiger partial charge >= 0.3 is 6.18 Å². The molecule has 150 valence electrons. The van der Waals surface area contributed by atoms with Crippen LogP contribution in [-0.4, -0.2) is 41.2 Å². The average molecular weight is 395 g/mol. The normalized spacial score (nSPS) is 22.0. The summed E-state index contributed by atoms with van der Waals surface area (Å²) in [5, 5.41) is 1.77. The minimum Gasteiger partial charge on any atom is -0.468 e. The molecule has 2 aliphatic heterocycles. The molecule has 1 amide bonds. The van der Waals surface area contributed by atoms with E-state index in [9.17, 15) is 22.8 Å². The first-order valence-corrected chi connectivity index (χ1v) is 9.13. The number of furan rings is 1. The van der Waals surface area contributed by atoms with Crippen molar-refractivity contribution in [2.75, 3.05) is 19.6 Å². The zero-order valence-electron chi connectivity index (χ0n) is 15.0. The van der Waals surface area contributed by atoms with Gasteiger partial charge in [-0.15, -0.1) is 0 Å². The first-order chi connectivity index (χ1) is 13.3. The van der Waals surface area contributed by atoms with Crippen molar-refractivity contribution in [1.82, 2.24) is 14.8 Å². The molecule has 0 aromatic carbocycles. The van der Waals surface area contributed by atoms with Gasteiger partial charge in [0, 0.05) is 31.2 Å². The number of carbonyl (C=O) groups excluding carboxylic acids is 1. The number of halogens is 3. The maximum absolute atomic E-state index is 12.7. The molecule has 0 unspecified atom stereocenters. The lowest BCUT2D eigenvalue weighted by atomic mass is 9.83. The second kappa shape index (κ2) is 7.12. The van der Waals surface area contributed by atoms with Crippen LogP contribution in [0, 0.1) is 5.92 Å². The van der Waals surface area contributed by atoms with Gasteiger partial charge in [0.1, 0.15) is 17.9 Å². The molecule has 1 fully saturated rings. The molecule has 0 aliphatic carbocycles. The van der Waals surface area contributed by atoms with Crippen LogP contribution in [0.1, 0.15) is 34.2 Å². The SMILES string of the molecule is O=C(NCC(F)(F)F)c1ccc2n(c1=O)C[C@H]1C[C@@H]2CN(Cc2ccco2)C1. The third kappa shape index (κ3) is 3.84. The Kier molecular flexibility index (Phi) is 4.78. The summed E-state index contributed by atoms with van der Waals surface area (Å²) in [4.78, 5) is 27.1. The number of pyridine rings is 1. The summed E-state index contributed by atoms with van der Waals surface area (Å²) < 4.78 is 43.9. The predicted molar refractivity (Wildman–Crippen MR) is 93.9 cm³/mol. The topological polar surface area (TPSA) is 67.5 Å². The maximum Gasteiger partial charge on any atom is 0.405 e. The molecule has 1 saturated heterocycles. The van der Waals surface area contributed by atoms with Crippen LogP contribution >= 0.6 is 0 Å². The molecule has 9 heteroatoms. The van der Waals surface area contributed by atoms with Crippen LogP contribution in [-0.2, 0) is 13.1 Å². The Morgan fingerprint density at radius 3 is 2.75 bits per heavy atom. The molecule has 0 spiro atoms. The minimum atomic E-state index is -4.52. The molecule has 1 N–H and O–H groups in total. The van der Waals surface area contributed by atoms with Crippen molar-refractivity contribution in [3.63, 3.8) is 0 Å². The van der Waals surface area contributed by atoms with E-state index in [1.54, 1.807) is 22.2 Å².